The molecule has 2 aromatic rings. The van der Waals surface area contributed by atoms with Gasteiger partial charge in [-0.15, -0.1) is 11.8 Å². The molecule has 22 heavy (non-hydrogen) atoms. The Hall–Kier alpha value is -1.85. The van der Waals surface area contributed by atoms with E-state index in [2.05, 4.69) is 0 Å². The summed E-state index contributed by atoms with van der Waals surface area (Å²) >= 11 is 7.40. The van der Waals surface area contributed by atoms with Gasteiger partial charge >= 0.3 is 0 Å². The Balaban J connectivity index is 2.10. The Morgan fingerprint density at radius 1 is 1.18 bits per heavy atom. The lowest BCUT2D eigenvalue weighted by molar-refractivity contribution is -0.385. The molecule has 0 aliphatic carbocycles. The third-order valence-electron chi connectivity index (χ3n) is 3.19. The van der Waals surface area contributed by atoms with E-state index in [-0.39, 0.29) is 29.3 Å². The van der Waals surface area contributed by atoms with E-state index in [4.69, 9.17) is 11.6 Å². The van der Waals surface area contributed by atoms with Gasteiger partial charge in [0.25, 0.3) is 5.69 Å². The van der Waals surface area contributed by atoms with Crippen LogP contribution in [0.5, 0.6) is 0 Å². The molecule has 0 unspecified atom stereocenters. The third-order valence-corrected chi connectivity index (χ3v) is 4.17. The van der Waals surface area contributed by atoms with Crippen molar-refractivity contribution in [1.29, 1.82) is 0 Å². The highest BCUT2D eigenvalue weighted by Gasteiger charge is 2.17. The molecule has 6 heteroatoms. The van der Waals surface area contributed by atoms with Crippen molar-refractivity contribution in [3.8, 4) is 0 Å². The van der Waals surface area contributed by atoms with Crippen LogP contribution in [0.4, 0.5) is 5.69 Å². The third kappa shape index (κ3) is 4.32. The van der Waals surface area contributed by atoms with E-state index in [9.17, 15) is 14.9 Å². The number of nitrogens with zero attached hydrogens (tertiary/aromatic N) is 1. The van der Waals surface area contributed by atoms with E-state index in [0.717, 1.165) is 10.5 Å². The van der Waals surface area contributed by atoms with Gasteiger partial charge < -0.3 is 0 Å². The fourth-order valence-corrected chi connectivity index (χ4v) is 2.68. The van der Waals surface area contributed by atoms with Crippen molar-refractivity contribution in [3.63, 3.8) is 0 Å². The van der Waals surface area contributed by atoms with Crippen LogP contribution >= 0.6 is 23.4 Å². The summed E-state index contributed by atoms with van der Waals surface area (Å²) in [5, 5.41) is 11.3. The molecule has 0 amide bonds. The monoisotopic (exact) mass is 335 g/mol. The number of carbonyl (C=O) groups is 1. The van der Waals surface area contributed by atoms with Crippen molar-refractivity contribution in [3.05, 3.63) is 68.7 Å². The van der Waals surface area contributed by atoms with Gasteiger partial charge in [0.1, 0.15) is 5.78 Å². The van der Waals surface area contributed by atoms with Gasteiger partial charge in [-0.1, -0.05) is 29.8 Å². The van der Waals surface area contributed by atoms with Crippen LogP contribution in [0.15, 0.2) is 47.4 Å². The molecule has 0 aliphatic rings. The van der Waals surface area contributed by atoms with Crippen molar-refractivity contribution in [2.24, 2.45) is 0 Å². The van der Waals surface area contributed by atoms with Crippen molar-refractivity contribution in [2.45, 2.75) is 17.7 Å². The largest absolute Gasteiger partial charge is 0.299 e. The number of nitro groups is 1. The summed E-state index contributed by atoms with van der Waals surface area (Å²) in [5.74, 6) is -0.0673. The number of carbonyl (C=O) groups excluding carboxylic acids is 1. The molecule has 0 heterocycles. The molecular weight excluding hydrogens is 322 g/mol. The molecule has 0 fully saturated rings. The van der Waals surface area contributed by atoms with Crippen LogP contribution in [0.25, 0.3) is 0 Å². The Morgan fingerprint density at radius 2 is 1.86 bits per heavy atom. The maximum atomic E-state index is 12.1. The highest BCUT2D eigenvalue weighted by atomic mass is 35.5. The molecule has 2 rings (SSSR count). The van der Waals surface area contributed by atoms with Crippen molar-refractivity contribution >= 4 is 34.8 Å². The minimum Gasteiger partial charge on any atom is -0.299 e. The molecule has 0 saturated carbocycles. The molecule has 0 saturated heterocycles. The number of rotatable bonds is 6. The number of nitro benzene ring substituents is 1. The van der Waals surface area contributed by atoms with E-state index < -0.39 is 4.92 Å². The smallest absolute Gasteiger partial charge is 0.274 e. The zero-order valence-electron chi connectivity index (χ0n) is 11.9. The number of ketones is 1. The summed E-state index contributed by atoms with van der Waals surface area (Å²) < 4.78 is 0. The first-order valence-corrected chi connectivity index (χ1v) is 8.17. The second kappa shape index (κ2) is 7.42. The van der Waals surface area contributed by atoms with Crippen LogP contribution in [0.3, 0.4) is 0 Å². The first-order valence-electron chi connectivity index (χ1n) is 6.57. The lowest BCUT2D eigenvalue weighted by Gasteiger charge is -2.04. The summed E-state index contributed by atoms with van der Waals surface area (Å²) in [6.45, 7) is 0. The molecule has 0 radical (unpaired) electrons. The van der Waals surface area contributed by atoms with Gasteiger partial charge in [0, 0.05) is 34.4 Å². The number of Topliss-reactive ketones (excluding diaryl/α,β-unsaturated/α-hetero) is 1. The maximum Gasteiger partial charge on any atom is 0.274 e. The minimum absolute atomic E-state index is 0.0256. The molecule has 0 bridgehead atoms. The number of halogens is 1. The van der Waals surface area contributed by atoms with Crippen molar-refractivity contribution in [2.75, 3.05) is 6.26 Å². The van der Waals surface area contributed by atoms with Gasteiger partial charge in [-0.2, -0.15) is 0 Å². The topological polar surface area (TPSA) is 60.2 Å². The number of hydrogen-bond donors (Lipinski definition) is 0. The summed E-state index contributed by atoms with van der Waals surface area (Å²) in [4.78, 5) is 23.8. The highest BCUT2D eigenvalue weighted by molar-refractivity contribution is 7.98. The van der Waals surface area contributed by atoms with Gasteiger partial charge in [-0.3, -0.25) is 14.9 Å². The molecular formula is C16H14ClNO3S. The van der Waals surface area contributed by atoms with E-state index in [0.29, 0.717) is 5.56 Å². The predicted molar refractivity (Wildman–Crippen MR) is 88.7 cm³/mol. The summed E-state index contributed by atoms with van der Waals surface area (Å²) in [7, 11) is 0. The molecule has 114 valence electrons. The lowest BCUT2D eigenvalue weighted by Crippen LogP contribution is -2.08. The van der Waals surface area contributed by atoms with Crippen LogP contribution in [-0.4, -0.2) is 17.0 Å². The van der Waals surface area contributed by atoms with Crippen LogP contribution < -0.4 is 0 Å². The number of benzene rings is 2. The second-order valence-corrected chi connectivity index (χ2v) is 6.09. The summed E-state index contributed by atoms with van der Waals surface area (Å²) in [6.07, 6.45) is 2.27. The molecule has 0 aromatic heterocycles. The van der Waals surface area contributed by atoms with E-state index in [1.807, 2.05) is 30.5 Å². The van der Waals surface area contributed by atoms with Crippen LogP contribution in [0.1, 0.15) is 11.1 Å². The SMILES string of the molecule is CSc1ccc(CC(=O)Cc2ccc(Cl)cc2[N+](=O)[O-])cc1. The normalized spacial score (nSPS) is 10.5. The predicted octanol–water partition coefficient (Wildman–Crippen LogP) is 4.32. The first kappa shape index (κ1) is 16.5. The quantitative estimate of drug-likeness (QED) is 0.448. The fourth-order valence-electron chi connectivity index (χ4n) is 2.10. The Labute approximate surface area is 137 Å². The Kier molecular flexibility index (Phi) is 5.57. The second-order valence-electron chi connectivity index (χ2n) is 4.77. The highest BCUT2D eigenvalue weighted by Crippen LogP contribution is 2.24. The van der Waals surface area contributed by atoms with Crippen LogP contribution in [-0.2, 0) is 17.6 Å². The zero-order valence-corrected chi connectivity index (χ0v) is 13.5. The summed E-state index contributed by atoms with van der Waals surface area (Å²) in [6, 6.07) is 12.1. The average Bonchev–Trinajstić information content (AvgIpc) is 2.49. The zero-order chi connectivity index (χ0) is 16.1. The lowest BCUT2D eigenvalue weighted by atomic mass is 10.0. The van der Waals surface area contributed by atoms with E-state index >= 15 is 0 Å². The fraction of sp³-hybridized carbons (Fsp3) is 0.188. The minimum atomic E-state index is -0.512. The maximum absolute atomic E-state index is 12.1. The van der Waals surface area contributed by atoms with Gasteiger partial charge in [0.05, 0.1) is 4.92 Å². The van der Waals surface area contributed by atoms with E-state index in [1.54, 1.807) is 17.8 Å². The van der Waals surface area contributed by atoms with Gasteiger partial charge in [-0.05, 0) is 30.0 Å². The number of thioether (sulfide) groups is 1. The molecule has 0 N–H and O–H groups in total. The molecule has 2 aromatic carbocycles. The van der Waals surface area contributed by atoms with Gasteiger partial charge in [-0.25, -0.2) is 0 Å². The first-order chi connectivity index (χ1) is 10.5. The average molecular weight is 336 g/mol. The van der Waals surface area contributed by atoms with Gasteiger partial charge in [0.15, 0.2) is 0 Å². The number of hydrogen-bond acceptors (Lipinski definition) is 4. The Bertz CT molecular complexity index is 701. The Morgan fingerprint density at radius 3 is 2.45 bits per heavy atom. The standard InChI is InChI=1S/C16H14ClNO3S/c1-22-15-6-2-11(3-7-15)8-14(19)9-12-4-5-13(17)10-16(12)18(20)21/h2-7,10H,8-9H2,1H3. The molecule has 4 nitrogen and oxygen atoms in total. The summed E-state index contributed by atoms with van der Waals surface area (Å²) in [5.41, 5.74) is 1.18. The van der Waals surface area contributed by atoms with Crippen molar-refractivity contribution in [1.82, 2.24) is 0 Å². The van der Waals surface area contributed by atoms with Crippen molar-refractivity contribution < 1.29 is 9.72 Å². The molecule has 0 atom stereocenters. The molecule has 0 spiro atoms. The van der Waals surface area contributed by atoms with Gasteiger partial charge in [0.2, 0.25) is 0 Å². The van der Waals surface area contributed by atoms with E-state index in [1.165, 1.54) is 12.1 Å². The van der Waals surface area contributed by atoms with Crippen LogP contribution in [0, 0.1) is 10.1 Å². The molecule has 0 aliphatic heterocycles. The van der Waals surface area contributed by atoms with Crippen LogP contribution in [0.2, 0.25) is 5.02 Å².